The van der Waals surface area contributed by atoms with Crippen molar-refractivity contribution >= 4 is 28.8 Å². The van der Waals surface area contributed by atoms with E-state index in [1.54, 1.807) is 5.38 Å². The van der Waals surface area contributed by atoms with E-state index in [-0.39, 0.29) is 16.4 Å². The molecule has 2 heterocycles. The number of carbonyl (C=O) groups is 1. The van der Waals surface area contributed by atoms with Gasteiger partial charge in [0.15, 0.2) is 11.5 Å². The number of aromatic nitrogens is 2. The van der Waals surface area contributed by atoms with E-state index in [0.29, 0.717) is 17.9 Å². The van der Waals surface area contributed by atoms with E-state index in [2.05, 4.69) is 15.3 Å². The van der Waals surface area contributed by atoms with Gasteiger partial charge in [0.2, 0.25) is 0 Å². The molecular formula is C10H10N4O3S. The number of pyridine rings is 1. The summed E-state index contributed by atoms with van der Waals surface area (Å²) in [7, 11) is 0. The van der Waals surface area contributed by atoms with Crippen molar-refractivity contribution < 1.29 is 9.90 Å². The highest BCUT2D eigenvalue weighted by Crippen LogP contribution is 2.16. The lowest BCUT2D eigenvalue weighted by molar-refractivity contribution is 0.0690. The Morgan fingerprint density at radius 1 is 1.56 bits per heavy atom. The lowest BCUT2D eigenvalue weighted by Gasteiger charge is -2.07. The van der Waals surface area contributed by atoms with E-state index in [1.807, 2.05) is 0 Å². The van der Waals surface area contributed by atoms with Gasteiger partial charge in [-0.3, -0.25) is 4.79 Å². The van der Waals surface area contributed by atoms with Crippen LogP contribution in [0.5, 0.6) is 0 Å². The van der Waals surface area contributed by atoms with Crippen molar-refractivity contribution in [3.05, 3.63) is 38.6 Å². The van der Waals surface area contributed by atoms with Gasteiger partial charge in [-0.15, -0.1) is 0 Å². The topological polar surface area (TPSA) is 121 Å². The summed E-state index contributed by atoms with van der Waals surface area (Å²) in [5, 5.41) is 13.4. The van der Waals surface area contributed by atoms with E-state index in [1.165, 1.54) is 12.1 Å². The van der Waals surface area contributed by atoms with Crippen molar-refractivity contribution in [1.82, 2.24) is 9.97 Å². The SMILES string of the molecule is Nc1ccc(C(=O)O)nc1NCc1csc(=O)[nH]1. The van der Waals surface area contributed by atoms with Crippen LogP contribution in [-0.4, -0.2) is 21.0 Å². The van der Waals surface area contributed by atoms with Crippen LogP contribution in [0.4, 0.5) is 11.5 Å². The highest BCUT2D eigenvalue weighted by molar-refractivity contribution is 7.07. The number of hydrogen-bond acceptors (Lipinski definition) is 6. The van der Waals surface area contributed by atoms with Gasteiger partial charge in [-0.05, 0) is 12.1 Å². The molecule has 2 aromatic rings. The molecule has 2 aromatic heterocycles. The number of nitrogen functional groups attached to an aromatic ring is 1. The molecule has 5 N–H and O–H groups in total. The molecule has 0 aromatic carbocycles. The fourth-order valence-electron chi connectivity index (χ4n) is 1.31. The molecule has 18 heavy (non-hydrogen) atoms. The predicted octanol–water partition coefficient (Wildman–Crippen LogP) is 0.724. The molecule has 0 aliphatic carbocycles. The zero-order chi connectivity index (χ0) is 13.1. The summed E-state index contributed by atoms with van der Waals surface area (Å²) in [5.41, 5.74) is 6.61. The number of nitrogens with two attached hydrogens (primary N) is 1. The van der Waals surface area contributed by atoms with E-state index in [4.69, 9.17) is 10.8 Å². The normalized spacial score (nSPS) is 10.2. The van der Waals surface area contributed by atoms with Gasteiger partial charge in [0, 0.05) is 11.1 Å². The molecule has 94 valence electrons. The quantitative estimate of drug-likeness (QED) is 0.647. The third-order valence-corrected chi connectivity index (χ3v) is 2.88. The molecule has 7 nitrogen and oxygen atoms in total. The standard InChI is InChI=1S/C10H10N4O3S/c11-6-1-2-7(9(15)16)14-8(6)12-3-5-4-18-10(17)13-5/h1-2,4H,3,11H2,(H,12,14)(H,13,17)(H,15,16). The number of nitrogens with zero attached hydrogens (tertiary/aromatic N) is 1. The number of carboxylic acids is 1. The Balaban J connectivity index is 2.15. The number of carboxylic acid groups (broad SMARTS) is 1. The number of hydrogen-bond donors (Lipinski definition) is 4. The predicted molar refractivity (Wildman–Crippen MR) is 67.9 cm³/mol. The lowest BCUT2D eigenvalue weighted by Crippen LogP contribution is -2.09. The van der Waals surface area contributed by atoms with Crippen LogP contribution >= 0.6 is 11.3 Å². The monoisotopic (exact) mass is 266 g/mol. The molecule has 0 atom stereocenters. The van der Waals surface area contributed by atoms with Gasteiger partial charge in [-0.2, -0.15) is 0 Å². The van der Waals surface area contributed by atoms with Crippen LogP contribution in [0.25, 0.3) is 0 Å². The average molecular weight is 266 g/mol. The summed E-state index contributed by atoms with van der Waals surface area (Å²) in [6.45, 7) is 0.318. The molecule has 0 aliphatic heterocycles. The number of H-pyrrole nitrogens is 1. The summed E-state index contributed by atoms with van der Waals surface area (Å²) >= 11 is 1.05. The van der Waals surface area contributed by atoms with Gasteiger partial charge < -0.3 is 21.1 Å². The number of aromatic carboxylic acids is 1. The molecule has 2 rings (SSSR count). The third kappa shape index (κ3) is 2.66. The Labute approximate surface area is 105 Å². The Morgan fingerprint density at radius 3 is 2.94 bits per heavy atom. The summed E-state index contributed by atoms with van der Waals surface area (Å²) in [5.74, 6) is -0.844. The van der Waals surface area contributed by atoms with Crippen molar-refractivity contribution in [3.8, 4) is 0 Å². The van der Waals surface area contributed by atoms with Gasteiger partial charge in [-0.1, -0.05) is 11.3 Å². The maximum atomic E-state index is 10.9. The first kappa shape index (κ1) is 12.1. The second kappa shape index (κ2) is 4.88. The van der Waals surface area contributed by atoms with Crippen LogP contribution in [0.2, 0.25) is 0 Å². The van der Waals surface area contributed by atoms with E-state index in [9.17, 15) is 9.59 Å². The lowest BCUT2D eigenvalue weighted by atomic mass is 10.3. The van der Waals surface area contributed by atoms with Crippen LogP contribution < -0.4 is 15.9 Å². The van der Waals surface area contributed by atoms with Crippen molar-refractivity contribution in [3.63, 3.8) is 0 Å². The third-order valence-electron chi connectivity index (χ3n) is 2.16. The van der Waals surface area contributed by atoms with Crippen LogP contribution in [0.3, 0.4) is 0 Å². The zero-order valence-corrected chi connectivity index (χ0v) is 9.95. The maximum absolute atomic E-state index is 10.9. The smallest absolute Gasteiger partial charge is 0.354 e. The van der Waals surface area contributed by atoms with Crippen molar-refractivity contribution in [2.24, 2.45) is 0 Å². The number of thiazole rings is 1. The molecule has 0 radical (unpaired) electrons. The first-order valence-corrected chi connectivity index (χ1v) is 5.84. The van der Waals surface area contributed by atoms with Crippen LogP contribution in [0.15, 0.2) is 22.3 Å². The van der Waals surface area contributed by atoms with Gasteiger partial charge in [-0.25, -0.2) is 9.78 Å². The molecule has 0 aliphatic rings. The van der Waals surface area contributed by atoms with Crippen molar-refractivity contribution in [1.29, 1.82) is 0 Å². The van der Waals surface area contributed by atoms with Crippen LogP contribution in [-0.2, 0) is 6.54 Å². The molecule has 0 spiro atoms. The Kier molecular flexibility index (Phi) is 3.28. The number of nitrogens with one attached hydrogen (secondary N) is 2. The minimum Gasteiger partial charge on any atom is -0.477 e. The summed E-state index contributed by atoms with van der Waals surface area (Å²) in [6.07, 6.45) is 0. The van der Waals surface area contributed by atoms with Crippen LogP contribution in [0.1, 0.15) is 16.2 Å². The molecule has 8 heteroatoms. The Hall–Kier alpha value is -2.35. The number of aromatic amines is 1. The maximum Gasteiger partial charge on any atom is 0.354 e. The van der Waals surface area contributed by atoms with E-state index < -0.39 is 5.97 Å². The van der Waals surface area contributed by atoms with Crippen molar-refractivity contribution in [2.75, 3.05) is 11.1 Å². The molecule has 0 saturated carbocycles. The van der Waals surface area contributed by atoms with Gasteiger partial charge in [0.1, 0.15) is 0 Å². The highest BCUT2D eigenvalue weighted by atomic mass is 32.1. The molecular weight excluding hydrogens is 256 g/mol. The molecule has 0 saturated heterocycles. The molecule has 0 amide bonds. The molecule has 0 bridgehead atoms. The minimum absolute atomic E-state index is 0.0921. The van der Waals surface area contributed by atoms with Gasteiger partial charge in [0.05, 0.1) is 12.2 Å². The van der Waals surface area contributed by atoms with Gasteiger partial charge >= 0.3 is 10.8 Å². The zero-order valence-electron chi connectivity index (χ0n) is 9.14. The number of anilines is 2. The summed E-state index contributed by atoms with van der Waals surface area (Å²) < 4.78 is 0. The fraction of sp³-hybridized carbons (Fsp3) is 0.100. The fourth-order valence-corrected chi connectivity index (χ4v) is 1.89. The minimum atomic E-state index is -1.12. The second-order valence-electron chi connectivity index (χ2n) is 3.47. The second-order valence-corrected chi connectivity index (χ2v) is 4.31. The largest absolute Gasteiger partial charge is 0.477 e. The summed E-state index contributed by atoms with van der Waals surface area (Å²) in [4.78, 5) is 28.0. The molecule has 0 unspecified atom stereocenters. The van der Waals surface area contributed by atoms with E-state index in [0.717, 1.165) is 11.3 Å². The van der Waals surface area contributed by atoms with E-state index >= 15 is 0 Å². The molecule has 0 fully saturated rings. The Morgan fingerprint density at radius 2 is 2.33 bits per heavy atom. The average Bonchev–Trinajstić information content (AvgIpc) is 2.74. The van der Waals surface area contributed by atoms with Crippen LogP contribution in [0, 0.1) is 0 Å². The van der Waals surface area contributed by atoms with Crippen molar-refractivity contribution in [2.45, 2.75) is 6.54 Å². The Bertz CT molecular complexity index is 634. The number of rotatable bonds is 4. The first-order chi connectivity index (χ1) is 8.56. The first-order valence-electron chi connectivity index (χ1n) is 4.96. The summed E-state index contributed by atoms with van der Waals surface area (Å²) in [6, 6.07) is 2.80. The van der Waals surface area contributed by atoms with Gasteiger partial charge in [0.25, 0.3) is 0 Å². The highest BCUT2D eigenvalue weighted by Gasteiger charge is 2.08.